The van der Waals surface area contributed by atoms with Crippen LogP contribution in [-0.4, -0.2) is 43.7 Å². The summed E-state index contributed by atoms with van der Waals surface area (Å²) in [6, 6.07) is 5.32. The molecule has 2 amide bonds. The molecule has 154 valence electrons. The summed E-state index contributed by atoms with van der Waals surface area (Å²) in [5, 5.41) is 2.94. The van der Waals surface area contributed by atoms with Crippen LogP contribution < -0.4 is 20.7 Å². The number of nitrogens with two attached hydrogens (primary N) is 1. The van der Waals surface area contributed by atoms with Crippen molar-refractivity contribution in [3.8, 4) is 5.75 Å². The molecular weight excluding hydrogens is 358 g/mol. The summed E-state index contributed by atoms with van der Waals surface area (Å²) in [6.07, 6.45) is 2.82. The third-order valence-electron chi connectivity index (χ3n) is 6.29. The number of nitrogens with zero attached hydrogens (tertiary/aromatic N) is 1. The highest BCUT2D eigenvalue weighted by molar-refractivity contribution is 6.01. The number of methoxy groups -OCH3 is 1. The van der Waals surface area contributed by atoms with E-state index in [1.807, 2.05) is 20.8 Å². The van der Waals surface area contributed by atoms with Gasteiger partial charge in [-0.2, -0.15) is 0 Å². The molecule has 1 aliphatic carbocycles. The second-order valence-electron chi connectivity index (χ2n) is 8.18. The fraction of sp³-hybridized carbons (Fsp3) is 0.619. The van der Waals surface area contributed by atoms with E-state index in [9.17, 15) is 9.59 Å². The van der Waals surface area contributed by atoms with Crippen molar-refractivity contribution in [1.29, 1.82) is 0 Å². The number of hydrogen-bond donors (Lipinski definition) is 2. The quantitative estimate of drug-likeness (QED) is 0.780. The van der Waals surface area contributed by atoms with Gasteiger partial charge in [-0.3, -0.25) is 9.59 Å². The van der Waals surface area contributed by atoms with E-state index >= 15 is 0 Å². The number of ether oxygens (including phenoxy) is 2. The van der Waals surface area contributed by atoms with E-state index in [1.54, 1.807) is 30.2 Å². The number of nitrogens with one attached hydrogen (secondary N) is 1. The highest BCUT2D eigenvalue weighted by Crippen LogP contribution is 2.50. The Labute approximate surface area is 166 Å². The lowest BCUT2D eigenvalue weighted by Crippen LogP contribution is -2.74. The standard InChI is InChI=1S/C21H31N3O4/c1-5-28-17-13-21(22,20(17,2)3)19(26)23-14-9-10-16(27-4)15(12-14)24-11-7-6-8-18(24)25/h9-10,12,17H,5-8,11,13,22H2,1-4H3,(H,23,26). The van der Waals surface area contributed by atoms with Gasteiger partial charge in [-0.15, -0.1) is 0 Å². The molecule has 7 heteroatoms. The fourth-order valence-corrected chi connectivity index (χ4v) is 4.10. The number of rotatable bonds is 6. The van der Waals surface area contributed by atoms with Crippen LogP contribution in [0.1, 0.15) is 46.5 Å². The molecular formula is C21H31N3O4. The smallest absolute Gasteiger partial charge is 0.245 e. The van der Waals surface area contributed by atoms with Gasteiger partial charge in [-0.1, -0.05) is 13.8 Å². The van der Waals surface area contributed by atoms with E-state index in [1.165, 1.54) is 0 Å². The first-order valence-corrected chi connectivity index (χ1v) is 9.95. The SMILES string of the molecule is CCOC1CC(N)(C(=O)Nc2ccc(OC)c(N3CCCCC3=O)c2)C1(C)C. The second-order valence-corrected chi connectivity index (χ2v) is 8.18. The summed E-state index contributed by atoms with van der Waals surface area (Å²) < 4.78 is 11.1. The molecule has 2 atom stereocenters. The van der Waals surface area contributed by atoms with Crippen LogP contribution in [0.2, 0.25) is 0 Å². The highest BCUT2D eigenvalue weighted by Gasteiger charge is 2.62. The molecule has 2 aliphatic rings. The van der Waals surface area contributed by atoms with Crippen molar-refractivity contribution in [2.24, 2.45) is 11.1 Å². The van der Waals surface area contributed by atoms with Crippen molar-refractivity contribution in [2.75, 3.05) is 30.5 Å². The minimum absolute atomic E-state index is 0.0364. The van der Waals surface area contributed by atoms with Crippen LogP contribution >= 0.6 is 0 Å². The number of piperidine rings is 1. The van der Waals surface area contributed by atoms with Crippen LogP contribution in [0.5, 0.6) is 5.75 Å². The third-order valence-corrected chi connectivity index (χ3v) is 6.29. The Kier molecular flexibility index (Phi) is 5.68. The van der Waals surface area contributed by atoms with Crippen LogP contribution in [0, 0.1) is 5.41 Å². The molecule has 7 nitrogen and oxygen atoms in total. The topological polar surface area (TPSA) is 93.9 Å². The molecule has 0 spiro atoms. The summed E-state index contributed by atoms with van der Waals surface area (Å²) in [6.45, 7) is 7.10. The minimum atomic E-state index is -1.01. The molecule has 1 heterocycles. The number of benzene rings is 1. The van der Waals surface area contributed by atoms with Crippen molar-refractivity contribution in [1.82, 2.24) is 0 Å². The van der Waals surface area contributed by atoms with Crippen molar-refractivity contribution in [3.05, 3.63) is 18.2 Å². The lowest BCUT2D eigenvalue weighted by atomic mass is 9.54. The van der Waals surface area contributed by atoms with Gasteiger partial charge in [0.2, 0.25) is 11.8 Å². The molecule has 3 rings (SSSR count). The molecule has 0 aromatic heterocycles. The zero-order chi connectivity index (χ0) is 20.5. The maximum atomic E-state index is 13.0. The van der Waals surface area contributed by atoms with Gasteiger partial charge in [0.05, 0.1) is 18.9 Å². The summed E-state index contributed by atoms with van der Waals surface area (Å²) in [7, 11) is 1.57. The molecule has 1 aromatic rings. The number of anilines is 2. The van der Waals surface area contributed by atoms with E-state index in [0.717, 1.165) is 12.8 Å². The van der Waals surface area contributed by atoms with E-state index in [2.05, 4.69) is 5.32 Å². The Balaban J connectivity index is 1.80. The maximum absolute atomic E-state index is 13.0. The average molecular weight is 389 g/mol. The summed E-state index contributed by atoms with van der Waals surface area (Å²) in [5.41, 5.74) is 6.27. The van der Waals surface area contributed by atoms with E-state index in [-0.39, 0.29) is 17.9 Å². The summed E-state index contributed by atoms with van der Waals surface area (Å²) >= 11 is 0. The second kappa shape index (κ2) is 7.72. The lowest BCUT2D eigenvalue weighted by molar-refractivity contribution is -0.166. The molecule has 2 unspecified atom stereocenters. The third kappa shape index (κ3) is 3.37. The van der Waals surface area contributed by atoms with Gasteiger partial charge in [0, 0.05) is 37.1 Å². The van der Waals surface area contributed by atoms with Crippen LogP contribution in [0.15, 0.2) is 18.2 Å². The van der Waals surface area contributed by atoms with Crippen LogP contribution in [0.3, 0.4) is 0 Å². The Morgan fingerprint density at radius 1 is 1.36 bits per heavy atom. The molecule has 1 aromatic carbocycles. The fourth-order valence-electron chi connectivity index (χ4n) is 4.10. The van der Waals surface area contributed by atoms with Crippen molar-refractivity contribution in [2.45, 2.75) is 58.1 Å². The molecule has 1 saturated heterocycles. The first-order chi connectivity index (χ1) is 13.2. The number of amides is 2. The predicted molar refractivity (Wildman–Crippen MR) is 109 cm³/mol. The van der Waals surface area contributed by atoms with Crippen molar-refractivity contribution in [3.63, 3.8) is 0 Å². The maximum Gasteiger partial charge on any atom is 0.245 e. The van der Waals surface area contributed by atoms with Gasteiger partial charge in [0.1, 0.15) is 11.3 Å². The normalized spacial score (nSPS) is 26.5. The average Bonchev–Trinajstić information content (AvgIpc) is 2.68. The van der Waals surface area contributed by atoms with Crippen molar-refractivity contribution < 1.29 is 19.1 Å². The first-order valence-electron chi connectivity index (χ1n) is 9.95. The molecule has 1 aliphatic heterocycles. The van der Waals surface area contributed by atoms with E-state index < -0.39 is 11.0 Å². The van der Waals surface area contributed by atoms with Crippen LogP contribution in [0.25, 0.3) is 0 Å². The Bertz CT molecular complexity index is 764. The number of carbonyl (C=O) groups excluding carboxylic acids is 2. The Morgan fingerprint density at radius 2 is 2.11 bits per heavy atom. The molecule has 0 radical (unpaired) electrons. The zero-order valence-corrected chi connectivity index (χ0v) is 17.2. The Morgan fingerprint density at radius 3 is 2.71 bits per heavy atom. The minimum Gasteiger partial charge on any atom is -0.495 e. The summed E-state index contributed by atoms with van der Waals surface area (Å²) in [5.74, 6) is 0.439. The van der Waals surface area contributed by atoms with Gasteiger partial charge in [-0.25, -0.2) is 0 Å². The zero-order valence-electron chi connectivity index (χ0n) is 17.2. The van der Waals surface area contributed by atoms with Gasteiger partial charge < -0.3 is 25.4 Å². The lowest BCUT2D eigenvalue weighted by Gasteiger charge is -2.57. The first kappa shape index (κ1) is 20.6. The van der Waals surface area contributed by atoms with E-state index in [4.69, 9.17) is 15.2 Å². The van der Waals surface area contributed by atoms with Gasteiger partial charge in [-0.05, 0) is 38.0 Å². The number of hydrogen-bond acceptors (Lipinski definition) is 5. The molecule has 3 N–H and O–H groups in total. The monoisotopic (exact) mass is 389 g/mol. The number of carbonyl (C=O) groups is 2. The predicted octanol–water partition coefficient (Wildman–Crippen LogP) is 2.68. The largest absolute Gasteiger partial charge is 0.495 e. The van der Waals surface area contributed by atoms with Gasteiger partial charge in [0.15, 0.2) is 0 Å². The van der Waals surface area contributed by atoms with Gasteiger partial charge >= 0.3 is 0 Å². The molecule has 28 heavy (non-hydrogen) atoms. The molecule has 1 saturated carbocycles. The van der Waals surface area contributed by atoms with Crippen LogP contribution in [-0.2, 0) is 14.3 Å². The molecule has 0 bridgehead atoms. The molecule has 2 fully saturated rings. The van der Waals surface area contributed by atoms with Crippen molar-refractivity contribution >= 4 is 23.2 Å². The Hall–Kier alpha value is -2.12. The van der Waals surface area contributed by atoms with Crippen LogP contribution in [0.4, 0.5) is 11.4 Å². The highest BCUT2D eigenvalue weighted by atomic mass is 16.5. The van der Waals surface area contributed by atoms with Gasteiger partial charge in [0.25, 0.3) is 0 Å². The van der Waals surface area contributed by atoms with E-state index in [0.29, 0.717) is 43.1 Å². The summed E-state index contributed by atoms with van der Waals surface area (Å²) in [4.78, 5) is 27.1.